The normalized spacial score (nSPS) is 20.2. The smallest absolute Gasteiger partial charge is 0.165 e. The molecule has 0 amide bonds. The summed E-state index contributed by atoms with van der Waals surface area (Å²) in [4.78, 5) is 11.9. The highest BCUT2D eigenvalue weighted by atomic mass is 79.9. The van der Waals surface area contributed by atoms with E-state index in [9.17, 15) is 9.18 Å². The summed E-state index contributed by atoms with van der Waals surface area (Å²) in [5, 5.41) is 0. The van der Waals surface area contributed by atoms with Crippen molar-refractivity contribution >= 4 is 21.7 Å². The minimum absolute atomic E-state index is 0.0863. The highest BCUT2D eigenvalue weighted by molar-refractivity contribution is 9.10. The molecule has 0 bridgehead atoms. The summed E-state index contributed by atoms with van der Waals surface area (Å²) >= 11 is 3.11. The SMILES string of the molecule is O=C(Cc1ccc(F)c(Br)c1)C1CCCCO1. The molecule has 17 heavy (non-hydrogen) atoms. The molecule has 0 saturated carbocycles. The van der Waals surface area contributed by atoms with Gasteiger partial charge in [-0.1, -0.05) is 6.07 Å². The minimum Gasteiger partial charge on any atom is -0.370 e. The first-order valence-electron chi connectivity index (χ1n) is 5.75. The second-order valence-corrected chi connectivity index (χ2v) is 5.10. The average Bonchev–Trinajstić information content (AvgIpc) is 2.35. The third-order valence-electron chi connectivity index (χ3n) is 2.90. The van der Waals surface area contributed by atoms with Crippen molar-refractivity contribution in [2.24, 2.45) is 0 Å². The fourth-order valence-corrected chi connectivity index (χ4v) is 2.39. The van der Waals surface area contributed by atoms with Crippen LogP contribution in [0.1, 0.15) is 24.8 Å². The summed E-state index contributed by atoms with van der Waals surface area (Å²) in [5.41, 5.74) is 0.817. The molecule has 2 rings (SSSR count). The number of hydrogen-bond donors (Lipinski definition) is 0. The Morgan fingerprint density at radius 2 is 2.29 bits per heavy atom. The van der Waals surface area contributed by atoms with E-state index in [2.05, 4.69) is 15.9 Å². The molecule has 0 aliphatic carbocycles. The lowest BCUT2D eigenvalue weighted by Crippen LogP contribution is -2.29. The summed E-state index contributed by atoms with van der Waals surface area (Å²) in [6, 6.07) is 4.66. The average molecular weight is 301 g/mol. The Hall–Kier alpha value is -0.740. The van der Waals surface area contributed by atoms with Crippen LogP contribution in [0.15, 0.2) is 22.7 Å². The number of carbonyl (C=O) groups excluding carboxylic acids is 1. The van der Waals surface area contributed by atoms with Gasteiger partial charge in [0.05, 0.1) is 4.47 Å². The van der Waals surface area contributed by atoms with Crippen molar-refractivity contribution in [1.29, 1.82) is 0 Å². The Labute approximate surface area is 108 Å². The lowest BCUT2D eigenvalue weighted by atomic mass is 10.00. The first-order chi connectivity index (χ1) is 8.16. The van der Waals surface area contributed by atoms with Gasteiger partial charge in [-0.3, -0.25) is 4.79 Å². The molecular formula is C13H14BrFO2. The van der Waals surface area contributed by atoms with Gasteiger partial charge in [-0.25, -0.2) is 4.39 Å². The molecule has 4 heteroatoms. The highest BCUT2D eigenvalue weighted by Gasteiger charge is 2.21. The second-order valence-electron chi connectivity index (χ2n) is 4.25. The monoisotopic (exact) mass is 300 g/mol. The topological polar surface area (TPSA) is 26.3 Å². The Morgan fingerprint density at radius 3 is 2.94 bits per heavy atom. The maximum absolute atomic E-state index is 13.0. The first-order valence-corrected chi connectivity index (χ1v) is 6.54. The predicted molar refractivity (Wildman–Crippen MR) is 66.4 cm³/mol. The third-order valence-corrected chi connectivity index (χ3v) is 3.51. The van der Waals surface area contributed by atoms with Crippen LogP contribution in [0.3, 0.4) is 0 Å². The van der Waals surface area contributed by atoms with Gasteiger partial charge < -0.3 is 4.74 Å². The molecule has 0 spiro atoms. The Kier molecular flexibility index (Phi) is 4.29. The van der Waals surface area contributed by atoms with Gasteiger partial charge in [0.15, 0.2) is 5.78 Å². The van der Waals surface area contributed by atoms with Crippen LogP contribution in [0.2, 0.25) is 0 Å². The molecule has 1 aromatic carbocycles. The van der Waals surface area contributed by atoms with Crippen LogP contribution in [0, 0.1) is 5.82 Å². The molecule has 1 aromatic rings. The fraction of sp³-hybridized carbons (Fsp3) is 0.462. The van der Waals surface area contributed by atoms with Crippen LogP contribution in [0.4, 0.5) is 4.39 Å². The number of Topliss-reactive ketones (excluding diaryl/α,β-unsaturated/α-hetero) is 1. The quantitative estimate of drug-likeness (QED) is 0.856. The minimum atomic E-state index is -0.310. The van der Waals surface area contributed by atoms with Crippen LogP contribution in [-0.4, -0.2) is 18.5 Å². The van der Waals surface area contributed by atoms with Crippen LogP contribution < -0.4 is 0 Å². The van der Waals surface area contributed by atoms with Crippen LogP contribution in [0.5, 0.6) is 0 Å². The number of halogens is 2. The molecule has 0 radical (unpaired) electrons. The van der Waals surface area contributed by atoms with E-state index >= 15 is 0 Å². The van der Waals surface area contributed by atoms with Crippen molar-refractivity contribution in [1.82, 2.24) is 0 Å². The fourth-order valence-electron chi connectivity index (χ4n) is 1.96. The highest BCUT2D eigenvalue weighted by Crippen LogP contribution is 2.19. The van der Waals surface area contributed by atoms with Crippen molar-refractivity contribution in [3.63, 3.8) is 0 Å². The van der Waals surface area contributed by atoms with E-state index in [0.717, 1.165) is 24.8 Å². The number of ketones is 1. The van der Waals surface area contributed by atoms with E-state index in [1.807, 2.05) is 0 Å². The van der Waals surface area contributed by atoms with Gasteiger partial charge in [0.25, 0.3) is 0 Å². The van der Waals surface area contributed by atoms with Crippen LogP contribution in [0.25, 0.3) is 0 Å². The van der Waals surface area contributed by atoms with Gasteiger partial charge in [0, 0.05) is 13.0 Å². The zero-order valence-corrected chi connectivity index (χ0v) is 11.0. The molecule has 0 N–H and O–H groups in total. The van der Waals surface area contributed by atoms with Crippen molar-refractivity contribution in [2.45, 2.75) is 31.8 Å². The largest absolute Gasteiger partial charge is 0.370 e. The van der Waals surface area contributed by atoms with Gasteiger partial charge in [-0.2, -0.15) is 0 Å². The molecule has 1 atom stereocenters. The lowest BCUT2D eigenvalue weighted by Gasteiger charge is -2.21. The van der Waals surface area contributed by atoms with E-state index in [0.29, 0.717) is 17.5 Å². The zero-order valence-electron chi connectivity index (χ0n) is 9.42. The summed E-state index contributed by atoms with van der Waals surface area (Å²) in [6.07, 6.45) is 2.92. The van der Waals surface area contributed by atoms with Gasteiger partial charge in [-0.15, -0.1) is 0 Å². The molecule has 2 nitrogen and oxygen atoms in total. The van der Waals surface area contributed by atoms with Crippen LogP contribution >= 0.6 is 15.9 Å². The van der Waals surface area contributed by atoms with Gasteiger partial charge >= 0.3 is 0 Å². The number of hydrogen-bond acceptors (Lipinski definition) is 2. The van der Waals surface area contributed by atoms with Crippen molar-refractivity contribution in [3.05, 3.63) is 34.1 Å². The Morgan fingerprint density at radius 1 is 1.47 bits per heavy atom. The Bertz CT molecular complexity index is 414. The van der Waals surface area contributed by atoms with E-state index in [-0.39, 0.29) is 17.7 Å². The third kappa shape index (κ3) is 3.36. The lowest BCUT2D eigenvalue weighted by molar-refractivity contribution is -0.132. The maximum Gasteiger partial charge on any atom is 0.165 e. The standard InChI is InChI=1S/C13H14BrFO2/c14-10-7-9(4-5-11(10)15)8-12(16)13-3-1-2-6-17-13/h4-5,7,13H,1-3,6,8H2. The van der Waals surface area contributed by atoms with Gasteiger partial charge in [-0.05, 0) is 52.9 Å². The molecule has 0 aromatic heterocycles. The van der Waals surface area contributed by atoms with Crippen molar-refractivity contribution in [3.8, 4) is 0 Å². The molecular weight excluding hydrogens is 287 g/mol. The molecule has 1 unspecified atom stereocenters. The summed E-state index contributed by atoms with van der Waals surface area (Å²) in [7, 11) is 0. The second kappa shape index (κ2) is 5.74. The van der Waals surface area contributed by atoms with E-state index in [1.54, 1.807) is 12.1 Å². The zero-order chi connectivity index (χ0) is 12.3. The molecule has 1 saturated heterocycles. The number of ether oxygens (including phenoxy) is 1. The van der Waals surface area contributed by atoms with Crippen molar-refractivity contribution in [2.75, 3.05) is 6.61 Å². The van der Waals surface area contributed by atoms with E-state index in [1.165, 1.54) is 6.07 Å². The number of rotatable bonds is 3. The van der Waals surface area contributed by atoms with Gasteiger partial charge in [0.1, 0.15) is 11.9 Å². The molecule has 92 valence electrons. The Balaban J connectivity index is 1.99. The van der Waals surface area contributed by atoms with E-state index < -0.39 is 0 Å². The number of benzene rings is 1. The molecule has 1 heterocycles. The predicted octanol–water partition coefficient (Wildman–Crippen LogP) is 3.27. The molecule has 1 aliphatic rings. The van der Waals surface area contributed by atoms with Gasteiger partial charge in [0.2, 0.25) is 0 Å². The maximum atomic E-state index is 13.0. The first kappa shape index (κ1) is 12.7. The number of carbonyl (C=O) groups is 1. The van der Waals surface area contributed by atoms with E-state index in [4.69, 9.17) is 4.74 Å². The molecule has 1 aliphatic heterocycles. The summed E-state index contributed by atoms with van der Waals surface area (Å²) in [5.74, 6) is -0.224. The van der Waals surface area contributed by atoms with Crippen molar-refractivity contribution < 1.29 is 13.9 Å². The van der Waals surface area contributed by atoms with Crippen LogP contribution in [-0.2, 0) is 16.0 Å². The summed E-state index contributed by atoms with van der Waals surface area (Å²) < 4.78 is 18.9. The summed E-state index contributed by atoms with van der Waals surface area (Å²) in [6.45, 7) is 0.670. The molecule has 1 fully saturated rings.